The minimum atomic E-state index is 0.343. The Bertz CT molecular complexity index is 356. The number of pyridine rings is 1. The van der Waals surface area contributed by atoms with Gasteiger partial charge in [0, 0.05) is 44.6 Å². The van der Waals surface area contributed by atoms with Crippen LogP contribution in [0.25, 0.3) is 0 Å². The highest BCUT2D eigenvalue weighted by Crippen LogP contribution is 2.21. The van der Waals surface area contributed by atoms with Crippen LogP contribution in [0.2, 0.25) is 0 Å². The van der Waals surface area contributed by atoms with Gasteiger partial charge < -0.3 is 10.2 Å². The molecular formula is C15H25N3. The number of piperazine rings is 1. The number of hydrogen-bond donors (Lipinski definition) is 1. The SMILES string of the molecule is CC(C)(C)C1CN(CCc2ccncc2)CCN1. The minimum Gasteiger partial charge on any atom is -0.311 e. The molecule has 0 aromatic carbocycles. The fourth-order valence-electron chi connectivity index (χ4n) is 2.43. The molecule has 1 atom stereocenters. The summed E-state index contributed by atoms with van der Waals surface area (Å²) in [5.41, 5.74) is 1.73. The highest BCUT2D eigenvalue weighted by atomic mass is 15.2. The van der Waals surface area contributed by atoms with E-state index < -0.39 is 0 Å². The molecule has 1 unspecified atom stereocenters. The van der Waals surface area contributed by atoms with Gasteiger partial charge in [0.1, 0.15) is 0 Å². The summed E-state index contributed by atoms with van der Waals surface area (Å²) in [6.07, 6.45) is 4.88. The summed E-state index contributed by atoms with van der Waals surface area (Å²) in [7, 11) is 0. The third kappa shape index (κ3) is 3.79. The van der Waals surface area contributed by atoms with Crippen LogP contribution in [0.4, 0.5) is 0 Å². The number of aromatic nitrogens is 1. The fraction of sp³-hybridized carbons (Fsp3) is 0.667. The maximum atomic E-state index is 4.06. The highest BCUT2D eigenvalue weighted by molar-refractivity contribution is 5.10. The molecule has 3 heteroatoms. The normalized spacial score (nSPS) is 22.1. The molecule has 1 aromatic heterocycles. The number of nitrogens with zero attached hydrogens (tertiary/aromatic N) is 2. The van der Waals surface area contributed by atoms with Crippen LogP contribution in [0.15, 0.2) is 24.5 Å². The molecule has 1 saturated heterocycles. The Kier molecular flexibility index (Phi) is 4.36. The van der Waals surface area contributed by atoms with Gasteiger partial charge in [-0.05, 0) is 29.5 Å². The van der Waals surface area contributed by atoms with Gasteiger partial charge in [-0.2, -0.15) is 0 Å². The van der Waals surface area contributed by atoms with Crippen LogP contribution in [-0.2, 0) is 6.42 Å². The summed E-state index contributed by atoms with van der Waals surface area (Å²) in [6.45, 7) is 11.5. The zero-order valence-electron chi connectivity index (χ0n) is 11.8. The monoisotopic (exact) mass is 247 g/mol. The maximum absolute atomic E-state index is 4.06. The second kappa shape index (κ2) is 5.81. The van der Waals surface area contributed by atoms with Crippen LogP contribution in [0.5, 0.6) is 0 Å². The smallest absolute Gasteiger partial charge is 0.0270 e. The van der Waals surface area contributed by atoms with E-state index in [2.05, 4.69) is 48.1 Å². The first-order valence-electron chi connectivity index (χ1n) is 6.90. The van der Waals surface area contributed by atoms with Crippen LogP contribution < -0.4 is 5.32 Å². The molecule has 1 fully saturated rings. The minimum absolute atomic E-state index is 0.343. The lowest BCUT2D eigenvalue weighted by Gasteiger charge is -2.40. The lowest BCUT2D eigenvalue weighted by atomic mass is 9.85. The van der Waals surface area contributed by atoms with Crippen molar-refractivity contribution < 1.29 is 0 Å². The molecule has 0 aliphatic carbocycles. The Morgan fingerprint density at radius 2 is 2.06 bits per heavy atom. The predicted octanol–water partition coefficient (Wildman–Crippen LogP) is 1.94. The van der Waals surface area contributed by atoms with E-state index >= 15 is 0 Å². The second-order valence-electron chi connectivity index (χ2n) is 6.28. The molecule has 1 aliphatic heterocycles. The standard InChI is InChI=1S/C15H25N3/c1-15(2,3)14-12-18(11-9-17-14)10-6-13-4-7-16-8-5-13/h4-5,7-8,14,17H,6,9-12H2,1-3H3. The van der Waals surface area contributed by atoms with Crippen LogP contribution in [0.1, 0.15) is 26.3 Å². The first-order chi connectivity index (χ1) is 8.55. The molecule has 3 nitrogen and oxygen atoms in total. The first-order valence-corrected chi connectivity index (χ1v) is 6.90. The molecule has 0 radical (unpaired) electrons. The summed E-state index contributed by atoms with van der Waals surface area (Å²) < 4.78 is 0. The van der Waals surface area contributed by atoms with Crippen molar-refractivity contribution in [2.24, 2.45) is 5.41 Å². The Morgan fingerprint density at radius 1 is 1.33 bits per heavy atom. The lowest BCUT2D eigenvalue weighted by molar-refractivity contribution is 0.135. The summed E-state index contributed by atoms with van der Waals surface area (Å²) in [4.78, 5) is 6.64. The molecule has 1 aromatic rings. The van der Waals surface area contributed by atoms with Crippen LogP contribution in [0.3, 0.4) is 0 Å². The average Bonchev–Trinajstić information content (AvgIpc) is 2.37. The fourth-order valence-corrected chi connectivity index (χ4v) is 2.43. The van der Waals surface area contributed by atoms with Gasteiger partial charge in [-0.3, -0.25) is 4.98 Å². The van der Waals surface area contributed by atoms with Crippen molar-refractivity contribution in [3.63, 3.8) is 0 Å². The van der Waals surface area contributed by atoms with Gasteiger partial charge >= 0.3 is 0 Å². The molecular weight excluding hydrogens is 222 g/mol. The zero-order valence-corrected chi connectivity index (χ0v) is 11.8. The third-order valence-electron chi connectivity index (χ3n) is 3.77. The molecule has 18 heavy (non-hydrogen) atoms. The molecule has 0 saturated carbocycles. The molecule has 100 valence electrons. The second-order valence-corrected chi connectivity index (χ2v) is 6.28. The summed E-state index contributed by atoms with van der Waals surface area (Å²) >= 11 is 0. The molecule has 2 heterocycles. The summed E-state index contributed by atoms with van der Waals surface area (Å²) in [5.74, 6) is 0. The largest absolute Gasteiger partial charge is 0.311 e. The predicted molar refractivity (Wildman–Crippen MR) is 75.6 cm³/mol. The molecule has 0 amide bonds. The Hall–Kier alpha value is -0.930. The van der Waals surface area contributed by atoms with Gasteiger partial charge in [0.25, 0.3) is 0 Å². The van der Waals surface area contributed by atoms with Gasteiger partial charge in [0.2, 0.25) is 0 Å². The highest BCUT2D eigenvalue weighted by Gasteiger charge is 2.28. The number of nitrogens with one attached hydrogen (secondary N) is 1. The molecule has 0 bridgehead atoms. The third-order valence-corrected chi connectivity index (χ3v) is 3.77. The van der Waals surface area contributed by atoms with Crippen LogP contribution >= 0.6 is 0 Å². The molecule has 1 N–H and O–H groups in total. The summed E-state index contributed by atoms with van der Waals surface area (Å²) in [5, 5.41) is 3.64. The summed E-state index contributed by atoms with van der Waals surface area (Å²) in [6, 6.07) is 4.83. The Morgan fingerprint density at radius 3 is 2.72 bits per heavy atom. The van der Waals surface area contributed by atoms with E-state index in [1.165, 1.54) is 5.56 Å². The van der Waals surface area contributed by atoms with Crippen LogP contribution in [-0.4, -0.2) is 42.1 Å². The topological polar surface area (TPSA) is 28.2 Å². The van der Waals surface area contributed by atoms with E-state index in [4.69, 9.17) is 0 Å². The van der Waals surface area contributed by atoms with Crippen molar-refractivity contribution in [3.05, 3.63) is 30.1 Å². The number of rotatable bonds is 3. The Balaban J connectivity index is 1.83. The van der Waals surface area contributed by atoms with E-state index in [9.17, 15) is 0 Å². The zero-order chi connectivity index (χ0) is 13.0. The number of hydrogen-bond acceptors (Lipinski definition) is 3. The van der Waals surface area contributed by atoms with Gasteiger partial charge in [-0.1, -0.05) is 20.8 Å². The van der Waals surface area contributed by atoms with Crippen molar-refractivity contribution >= 4 is 0 Å². The molecule has 0 spiro atoms. The van der Waals surface area contributed by atoms with Crippen molar-refractivity contribution in [2.45, 2.75) is 33.2 Å². The van der Waals surface area contributed by atoms with E-state index in [0.717, 1.165) is 32.6 Å². The lowest BCUT2D eigenvalue weighted by Crippen LogP contribution is -2.56. The molecule has 1 aliphatic rings. The van der Waals surface area contributed by atoms with Crippen LogP contribution in [0, 0.1) is 5.41 Å². The van der Waals surface area contributed by atoms with Crippen molar-refractivity contribution in [1.29, 1.82) is 0 Å². The van der Waals surface area contributed by atoms with E-state index in [0.29, 0.717) is 11.5 Å². The van der Waals surface area contributed by atoms with Gasteiger partial charge in [0.15, 0.2) is 0 Å². The van der Waals surface area contributed by atoms with Gasteiger partial charge in [-0.15, -0.1) is 0 Å². The first kappa shape index (κ1) is 13.5. The van der Waals surface area contributed by atoms with E-state index in [1.54, 1.807) is 0 Å². The van der Waals surface area contributed by atoms with Gasteiger partial charge in [-0.25, -0.2) is 0 Å². The van der Waals surface area contributed by atoms with Crippen molar-refractivity contribution in [3.8, 4) is 0 Å². The Labute approximate surface area is 111 Å². The average molecular weight is 247 g/mol. The quantitative estimate of drug-likeness (QED) is 0.885. The van der Waals surface area contributed by atoms with Crippen molar-refractivity contribution in [2.75, 3.05) is 26.2 Å². The maximum Gasteiger partial charge on any atom is 0.0270 e. The van der Waals surface area contributed by atoms with E-state index in [1.807, 2.05) is 12.4 Å². The van der Waals surface area contributed by atoms with E-state index in [-0.39, 0.29) is 0 Å². The van der Waals surface area contributed by atoms with Gasteiger partial charge in [0.05, 0.1) is 0 Å². The molecule has 2 rings (SSSR count). The van der Waals surface area contributed by atoms with Crippen molar-refractivity contribution in [1.82, 2.24) is 15.2 Å².